The Morgan fingerprint density at radius 3 is 2.32 bits per heavy atom. The first kappa shape index (κ1) is 23.5. The predicted octanol–water partition coefficient (Wildman–Crippen LogP) is 3.93. The maximum Gasteiger partial charge on any atom is 0.416 e. The summed E-state index contributed by atoms with van der Waals surface area (Å²) in [6.45, 7) is 2.22. The molecule has 0 unspecified atom stereocenters. The van der Waals surface area contributed by atoms with Gasteiger partial charge in [0.1, 0.15) is 0 Å². The molecular weight excluding hydrogens is 395 g/mol. The molecule has 0 aliphatic rings. The van der Waals surface area contributed by atoms with Crippen molar-refractivity contribution in [3.63, 3.8) is 0 Å². The van der Waals surface area contributed by atoms with Crippen molar-refractivity contribution < 1.29 is 22.8 Å². The molecule has 3 N–H and O–H groups in total. The zero-order valence-corrected chi connectivity index (χ0v) is 16.2. The summed E-state index contributed by atoms with van der Waals surface area (Å²) in [5.41, 5.74) is 5.26. The third-order valence-electron chi connectivity index (χ3n) is 4.01. The van der Waals surface area contributed by atoms with Gasteiger partial charge in [-0.3, -0.25) is 9.59 Å². The van der Waals surface area contributed by atoms with E-state index in [1.807, 2.05) is 6.92 Å². The number of hydrogen-bond donors (Lipinski definition) is 2. The highest BCUT2D eigenvalue weighted by atomic mass is 35.5. The second kappa shape index (κ2) is 9.57. The molecule has 152 valence electrons. The number of nitrogens with one attached hydrogen (secondary N) is 1. The highest BCUT2D eigenvalue weighted by Crippen LogP contribution is 2.32. The van der Waals surface area contributed by atoms with Gasteiger partial charge in [0.05, 0.1) is 5.56 Å². The van der Waals surface area contributed by atoms with E-state index in [9.17, 15) is 22.8 Å². The summed E-state index contributed by atoms with van der Waals surface area (Å²) in [6.07, 6.45) is -4.55. The quantitative estimate of drug-likeness (QED) is 0.776. The van der Waals surface area contributed by atoms with Crippen molar-refractivity contribution in [2.75, 3.05) is 18.9 Å². The van der Waals surface area contributed by atoms with Crippen LogP contribution in [-0.2, 0) is 12.7 Å². The normalized spacial score (nSPS) is 10.8. The molecule has 0 aromatic heterocycles. The number of nitrogens with two attached hydrogens (primary N) is 1. The lowest BCUT2D eigenvalue weighted by atomic mass is 10.1. The fourth-order valence-electron chi connectivity index (χ4n) is 2.41. The summed E-state index contributed by atoms with van der Waals surface area (Å²) in [5, 5.41) is 2.44. The minimum atomic E-state index is -4.55. The molecule has 0 aliphatic heterocycles. The molecule has 2 aromatic carbocycles. The van der Waals surface area contributed by atoms with Gasteiger partial charge in [-0.1, -0.05) is 6.07 Å². The van der Waals surface area contributed by atoms with E-state index in [4.69, 9.17) is 5.73 Å². The molecule has 0 radical (unpaired) electrons. The number of amides is 2. The van der Waals surface area contributed by atoms with Crippen molar-refractivity contribution in [3.05, 3.63) is 64.7 Å². The number of alkyl halides is 3. The standard InChI is InChI=1S/C19H20F3N3O2.ClH/c1-3-25(2)18(27)14-6-4-5-13(9-14)17(26)24-16-8-12(11-23)7-15(10-16)19(20,21)22;/h4-10H,3,11,23H2,1-2H3,(H,24,26);1H. The van der Waals surface area contributed by atoms with Crippen LogP contribution in [-0.4, -0.2) is 30.3 Å². The molecule has 2 aromatic rings. The Morgan fingerprint density at radius 1 is 1.11 bits per heavy atom. The van der Waals surface area contributed by atoms with E-state index < -0.39 is 17.6 Å². The molecule has 5 nitrogen and oxygen atoms in total. The molecule has 0 saturated carbocycles. The minimum absolute atomic E-state index is 0. The van der Waals surface area contributed by atoms with E-state index in [0.29, 0.717) is 12.1 Å². The maximum absolute atomic E-state index is 13.0. The highest BCUT2D eigenvalue weighted by molar-refractivity contribution is 6.06. The van der Waals surface area contributed by atoms with E-state index in [0.717, 1.165) is 12.1 Å². The van der Waals surface area contributed by atoms with E-state index in [2.05, 4.69) is 5.32 Å². The van der Waals surface area contributed by atoms with E-state index in [1.165, 1.54) is 23.1 Å². The second-order valence-electron chi connectivity index (χ2n) is 5.97. The average molecular weight is 416 g/mol. The summed E-state index contributed by atoms with van der Waals surface area (Å²) in [5.74, 6) is -0.872. The van der Waals surface area contributed by atoms with Crippen LogP contribution in [0.3, 0.4) is 0 Å². The first-order valence-corrected chi connectivity index (χ1v) is 8.23. The minimum Gasteiger partial charge on any atom is -0.342 e. The van der Waals surface area contributed by atoms with Crippen LogP contribution in [0.15, 0.2) is 42.5 Å². The van der Waals surface area contributed by atoms with Gasteiger partial charge in [0, 0.05) is 37.0 Å². The second-order valence-corrected chi connectivity index (χ2v) is 5.97. The van der Waals surface area contributed by atoms with Gasteiger partial charge in [-0.15, -0.1) is 12.4 Å². The molecule has 0 fully saturated rings. The molecule has 0 spiro atoms. The molecule has 0 bridgehead atoms. The lowest BCUT2D eigenvalue weighted by Crippen LogP contribution is -2.26. The Morgan fingerprint density at radius 2 is 1.75 bits per heavy atom. The van der Waals surface area contributed by atoms with Gasteiger partial charge in [0.25, 0.3) is 11.8 Å². The molecule has 2 amide bonds. The Kier molecular flexibility index (Phi) is 8.01. The molecule has 0 heterocycles. The van der Waals surface area contributed by atoms with Crippen molar-refractivity contribution in [2.24, 2.45) is 5.73 Å². The number of nitrogens with zero attached hydrogens (tertiary/aromatic N) is 1. The predicted molar refractivity (Wildman–Crippen MR) is 104 cm³/mol. The fraction of sp³-hybridized carbons (Fsp3) is 0.263. The monoisotopic (exact) mass is 415 g/mol. The van der Waals surface area contributed by atoms with Crippen LogP contribution in [0.1, 0.15) is 38.8 Å². The molecule has 28 heavy (non-hydrogen) atoms. The Balaban J connectivity index is 0.00000392. The fourth-order valence-corrected chi connectivity index (χ4v) is 2.41. The van der Waals surface area contributed by atoms with Gasteiger partial charge in [0.15, 0.2) is 0 Å². The lowest BCUT2D eigenvalue weighted by Gasteiger charge is -2.15. The number of rotatable bonds is 5. The zero-order valence-electron chi connectivity index (χ0n) is 15.3. The van der Waals surface area contributed by atoms with Crippen LogP contribution >= 0.6 is 12.4 Å². The van der Waals surface area contributed by atoms with Crippen LogP contribution in [0.25, 0.3) is 0 Å². The van der Waals surface area contributed by atoms with Crippen molar-refractivity contribution in [1.29, 1.82) is 0 Å². The summed E-state index contributed by atoms with van der Waals surface area (Å²) in [6, 6.07) is 9.17. The molecule has 0 aliphatic carbocycles. The van der Waals surface area contributed by atoms with Crippen molar-refractivity contribution in [3.8, 4) is 0 Å². The van der Waals surface area contributed by atoms with Crippen LogP contribution in [0.5, 0.6) is 0 Å². The Bertz CT molecular complexity index is 857. The highest BCUT2D eigenvalue weighted by Gasteiger charge is 2.31. The number of hydrogen-bond acceptors (Lipinski definition) is 3. The SMILES string of the molecule is CCN(C)C(=O)c1cccc(C(=O)Nc2cc(CN)cc(C(F)(F)F)c2)c1.Cl. The van der Waals surface area contributed by atoms with Gasteiger partial charge in [-0.05, 0) is 48.9 Å². The van der Waals surface area contributed by atoms with Gasteiger partial charge >= 0.3 is 6.18 Å². The topological polar surface area (TPSA) is 75.4 Å². The van der Waals surface area contributed by atoms with E-state index in [1.54, 1.807) is 19.2 Å². The first-order chi connectivity index (χ1) is 12.7. The average Bonchev–Trinajstić information content (AvgIpc) is 2.65. The number of carbonyl (C=O) groups is 2. The third-order valence-corrected chi connectivity index (χ3v) is 4.01. The van der Waals surface area contributed by atoms with E-state index in [-0.39, 0.29) is 41.7 Å². The summed E-state index contributed by atoms with van der Waals surface area (Å²) in [7, 11) is 1.63. The zero-order chi connectivity index (χ0) is 20.2. The van der Waals surface area contributed by atoms with Gasteiger partial charge in [0.2, 0.25) is 0 Å². The summed E-state index contributed by atoms with van der Waals surface area (Å²) < 4.78 is 39.0. The Labute approximate surface area is 167 Å². The van der Waals surface area contributed by atoms with Crippen molar-refractivity contribution in [2.45, 2.75) is 19.6 Å². The van der Waals surface area contributed by atoms with Crippen molar-refractivity contribution >= 4 is 29.9 Å². The molecule has 0 atom stereocenters. The Hall–Kier alpha value is -2.58. The number of anilines is 1. The number of carbonyl (C=O) groups excluding carboxylic acids is 2. The third kappa shape index (κ3) is 5.71. The summed E-state index contributed by atoms with van der Waals surface area (Å²) in [4.78, 5) is 26.1. The van der Waals surface area contributed by atoms with Crippen LogP contribution < -0.4 is 11.1 Å². The largest absolute Gasteiger partial charge is 0.416 e. The van der Waals surface area contributed by atoms with E-state index >= 15 is 0 Å². The van der Waals surface area contributed by atoms with Gasteiger partial charge in [-0.2, -0.15) is 13.2 Å². The smallest absolute Gasteiger partial charge is 0.342 e. The molecule has 0 saturated heterocycles. The van der Waals surface area contributed by atoms with Gasteiger partial charge < -0.3 is 16.0 Å². The van der Waals surface area contributed by atoms with Crippen LogP contribution in [0.4, 0.5) is 18.9 Å². The molecule has 9 heteroatoms. The van der Waals surface area contributed by atoms with Gasteiger partial charge in [-0.25, -0.2) is 0 Å². The molecular formula is C19H21ClF3N3O2. The molecule has 2 rings (SSSR count). The number of halogens is 4. The van der Waals surface area contributed by atoms with Crippen molar-refractivity contribution in [1.82, 2.24) is 4.90 Å². The lowest BCUT2D eigenvalue weighted by molar-refractivity contribution is -0.137. The number of benzene rings is 2. The first-order valence-electron chi connectivity index (χ1n) is 8.23. The summed E-state index contributed by atoms with van der Waals surface area (Å²) >= 11 is 0. The van der Waals surface area contributed by atoms with Crippen LogP contribution in [0.2, 0.25) is 0 Å². The maximum atomic E-state index is 13.0. The van der Waals surface area contributed by atoms with Crippen LogP contribution in [0, 0.1) is 0 Å².